The second-order valence-electron chi connectivity index (χ2n) is 16.9. The van der Waals surface area contributed by atoms with Crippen molar-refractivity contribution >= 4 is 93.2 Å². The summed E-state index contributed by atoms with van der Waals surface area (Å²) < 4.78 is 104. The SMILES string of the molecule is CNc1ncnc2c1ncn2[C@@H]1O[C@H](COP(=O)(O)OP(O)(=S)OP(=O)(O)OC[C@H]2O[C@@H]([n+]3cn(C)c4c(=O)[nH]c(N)nc43)[C@@H](O)C2OC)[C@H](OP(=O)(O)OC[C@H]2O[C@@H](n3cnc4c(=O)[nH]c(N)nc43)[C@@H](O)C2O)C1OC. The Labute approximate surface area is 433 Å². The molecule has 0 aromatic carbocycles. The number of aliphatic hydroxyl groups excluding tert-OH is 3. The summed E-state index contributed by atoms with van der Waals surface area (Å²) in [4.78, 5) is 97.5. The topological polar surface area (TPSA) is 520 Å². The van der Waals surface area contributed by atoms with Crippen LogP contribution in [0.1, 0.15) is 18.7 Å². The lowest BCUT2D eigenvalue weighted by molar-refractivity contribution is -0.745. The Hall–Kier alpha value is -4.73. The van der Waals surface area contributed by atoms with Gasteiger partial charge >= 0.3 is 35.8 Å². The van der Waals surface area contributed by atoms with E-state index in [0.29, 0.717) is 0 Å². The maximum absolute atomic E-state index is 13.8. The first kappa shape index (κ1) is 57.0. The molecule has 43 heteroatoms. The van der Waals surface area contributed by atoms with Gasteiger partial charge in [-0.25, -0.2) is 46.8 Å². The van der Waals surface area contributed by atoms with Crippen molar-refractivity contribution in [1.82, 2.24) is 53.6 Å². The number of phosphoric ester groups is 3. The summed E-state index contributed by atoms with van der Waals surface area (Å²) >= 11 is 4.77. The minimum atomic E-state index is -5.74. The normalized spacial score (nSPS) is 30.0. The first-order chi connectivity index (χ1) is 36.2. The summed E-state index contributed by atoms with van der Waals surface area (Å²) in [6.45, 7) is -8.36. The van der Waals surface area contributed by atoms with Crippen LogP contribution in [-0.4, -0.2) is 184 Å². The number of aliphatic hydroxyl groups is 3. The van der Waals surface area contributed by atoms with Gasteiger partial charge in [0.2, 0.25) is 17.7 Å². The van der Waals surface area contributed by atoms with Crippen molar-refractivity contribution in [2.24, 2.45) is 7.05 Å². The van der Waals surface area contributed by atoms with Gasteiger partial charge in [0, 0.05) is 21.3 Å². The largest absolute Gasteiger partial charge is 0.479 e. The van der Waals surface area contributed by atoms with Crippen LogP contribution in [-0.2, 0) is 83.0 Å². The summed E-state index contributed by atoms with van der Waals surface area (Å²) in [5.41, 5.74) is 10.1. The molecule has 422 valence electrons. The zero-order valence-electron chi connectivity index (χ0n) is 39.8. The van der Waals surface area contributed by atoms with Crippen molar-refractivity contribution in [3.05, 3.63) is 46.0 Å². The number of fused-ring (bicyclic) bond motifs is 3. The number of aryl methyl sites for hydroxylation is 1. The number of aromatic amines is 2. The van der Waals surface area contributed by atoms with Crippen molar-refractivity contribution in [2.45, 2.75) is 73.6 Å². The molecule has 6 aromatic rings. The number of rotatable bonds is 21. The molecule has 0 spiro atoms. The molecule has 77 heavy (non-hydrogen) atoms. The fourth-order valence-corrected chi connectivity index (χ4v) is 14.7. The highest BCUT2D eigenvalue weighted by molar-refractivity contribution is 8.09. The molecule has 0 bridgehead atoms. The van der Waals surface area contributed by atoms with E-state index in [-0.39, 0.29) is 51.2 Å². The molecule has 38 nitrogen and oxygen atoms in total. The fourth-order valence-electron chi connectivity index (χ4n) is 8.73. The third kappa shape index (κ3) is 11.5. The van der Waals surface area contributed by atoms with Gasteiger partial charge in [-0.05, 0) is 11.8 Å². The Kier molecular flexibility index (Phi) is 16.1. The molecule has 0 amide bonds. The molecule has 3 aliphatic heterocycles. The number of H-pyrrole nitrogens is 2. The average molecular weight is 1190 g/mol. The molecular weight excluding hydrogens is 1140 g/mol. The molecule has 3 saturated heterocycles. The Morgan fingerprint density at radius 2 is 1.30 bits per heavy atom. The number of methoxy groups -OCH3 is 2. The molecule has 16 atom stereocenters. The van der Waals surface area contributed by atoms with Crippen LogP contribution in [0.2, 0.25) is 0 Å². The number of nitrogen functional groups attached to an aromatic ring is 2. The van der Waals surface area contributed by atoms with Crippen LogP contribution in [0.15, 0.2) is 34.9 Å². The highest BCUT2D eigenvalue weighted by Crippen LogP contribution is 2.68. The van der Waals surface area contributed by atoms with Crippen LogP contribution >= 0.6 is 30.2 Å². The van der Waals surface area contributed by atoms with Crippen LogP contribution in [0, 0.1) is 0 Å². The predicted octanol–water partition coefficient (Wildman–Crippen LogP) is -3.48. The zero-order chi connectivity index (χ0) is 55.7. The van der Waals surface area contributed by atoms with Crippen molar-refractivity contribution in [3.63, 3.8) is 0 Å². The van der Waals surface area contributed by atoms with Crippen molar-refractivity contribution in [2.75, 3.05) is 57.9 Å². The first-order valence-corrected chi connectivity index (χ1v) is 29.1. The second-order valence-corrected chi connectivity index (χ2v) is 24.3. The summed E-state index contributed by atoms with van der Waals surface area (Å²) in [7, 11) is -11.3. The number of hydrogen-bond donors (Lipinski definition) is 12. The number of anilines is 3. The Bertz CT molecular complexity index is 3510. The highest BCUT2D eigenvalue weighted by atomic mass is 32.5. The van der Waals surface area contributed by atoms with Gasteiger partial charge in [0.1, 0.15) is 66.8 Å². The summed E-state index contributed by atoms with van der Waals surface area (Å²) in [5.74, 6) is -0.279. The standard InChI is InChI=1S/C34H47N15O23P4S/c1-37-24-15-25(39-8-38-24)47(9-40-15)32-23(63-4)22(70-73(55,56)64-5-12-18(50)19(51)30(67-12)48-10-41-16-26(48)42-33(35)44-28(16)53)14(69-32)7-66-75(59,60)72-76(61,77)71-74(57,58)65-6-13-21(62-3)20(52)31(68-13)49-11-46(2)17-27(49)43-34(36)45-29(17)54/h8-14,18-23,30-32,50-52H,5-7H2,1-4H3,(H10-,35,36,37,38,39,42,43,44,45,53,54,55,56,57,58,59,60,61,77)/p+1/t12-,13-,14-,18?,19+,20+,21?,22+,23?,30-,31-,32-,76?/m1/s1. The van der Waals surface area contributed by atoms with Gasteiger partial charge in [-0.3, -0.25) is 51.4 Å². The van der Waals surface area contributed by atoms with Crippen LogP contribution in [0.4, 0.5) is 17.7 Å². The van der Waals surface area contributed by atoms with E-state index in [1.165, 1.54) is 46.8 Å². The van der Waals surface area contributed by atoms with E-state index in [0.717, 1.165) is 18.0 Å². The molecule has 0 saturated carbocycles. The molecule has 0 aliphatic carbocycles. The predicted molar refractivity (Wildman–Crippen MR) is 256 cm³/mol. The average Bonchev–Trinajstić information content (AvgIpc) is 4.21. The number of phosphoric acid groups is 3. The molecule has 3 fully saturated rings. The van der Waals surface area contributed by atoms with Gasteiger partial charge in [-0.1, -0.05) is 4.98 Å². The zero-order valence-corrected chi connectivity index (χ0v) is 44.2. The van der Waals surface area contributed by atoms with E-state index < -0.39 is 135 Å². The highest BCUT2D eigenvalue weighted by Gasteiger charge is 2.54. The lowest BCUT2D eigenvalue weighted by Crippen LogP contribution is -2.46. The quantitative estimate of drug-likeness (QED) is 0.0246. The number of aromatic nitrogens is 12. The van der Waals surface area contributed by atoms with Gasteiger partial charge < -0.3 is 75.4 Å². The third-order valence-electron chi connectivity index (χ3n) is 12.0. The molecular formula is C34H48N15O23P4S+. The number of nitrogens with zero attached hydrogens (tertiary/aromatic N) is 10. The molecule has 9 heterocycles. The van der Waals surface area contributed by atoms with Crippen molar-refractivity contribution in [1.29, 1.82) is 0 Å². The monoisotopic (exact) mass is 1190 g/mol. The Balaban J connectivity index is 0.872. The lowest BCUT2D eigenvalue weighted by Gasteiger charge is -2.26. The molecule has 9 rings (SSSR count). The maximum Gasteiger partial charge on any atom is 0.479 e. The van der Waals surface area contributed by atoms with Gasteiger partial charge in [-0.15, -0.1) is 0 Å². The number of nitrogens with two attached hydrogens (primary N) is 2. The number of nitrogens with one attached hydrogen (secondary N) is 3. The van der Waals surface area contributed by atoms with E-state index in [4.69, 9.17) is 65.1 Å². The third-order valence-corrected chi connectivity index (χ3v) is 18.4. The van der Waals surface area contributed by atoms with E-state index in [1.807, 2.05) is 0 Å². The van der Waals surface area contributed by atoms with Gasteiger partial charge in [0.25, 0.3) is 17.1 Å². The maximum atomic E-state index is 13.8. The van der Waals surface area contributed by atoms with Gasteiger partial charge in [0.15, 0.2) is 41.4 Å². The van der Waals surface area contributed by atoms with E-state index in [1.54, 1.807) is 7.05 Å². The molecule has 3 aliphatic rings. The van der Waals surface area contributed by atoms with E-state index >= 15 is 0 Å². The van der Waals surface area contributed by atoms with Crippen LogP contribution in [0.5, 0.6) is 0 Å². The molecule has 7 unspecified atom stereocenters. The van der Waals surface area contributed by atoms with Crippen molar-refractivity contribution in [3.8, 4) is 0 Å². The molecule has 14 N–H and O–H groups in total. The van der Waals surface area contributed by atoms with Crippen LogP contribution in [0.25, 0.3) is 33.5 Å². The Morgan fingerprint density at radius 1 is 0.727 bits per heavy atom. The fraction of sp³-hybridized carbons (Fsp3) is 0.559. The molecule has 0 radical (unpaired) electrons. The molecule has 6 aromatic heterocycles. The second kappa shape index (κ2) is 21.7. The first-order valence-electron chi connectivity index (χ1n) is 22.0. The Morgan fingerprint density at radius 3 is 1.95 bits per heavy atom. The minimum Gasteiger partial charge on any atom is -0.387 e. The number of ether oxygens (including phenoxy) is 5. The summed E-state index contributed by atoms with van der Waals surface area (Å²) in [6.07, 6.45) is -13.7. The smallest absolute Gasteiger partial charge is 0.387 e. The van der Waals surface area contributed by atoms with Crippen molar-refractivity contribution < 1.29 is 104 Å². The van der Waals surface area contributed by atoms with Crippen LogP contribution < -0.4 is 32.5 Å². The van der Waals surface area contributed by atoms with E-state index in [9.17, 15) is 58.2 Å². The van der Waals surface area contributed by atoms with Gasteiger partial charge in [0.05, 0.1) is 39.5 Å². The van der Waals surface area contributed by atoms with Crippen LogP contribution in [0.3, 0.4) is 0 Å². The van der Waals surface area contributed by atoms with Gasteiger partial charge in [-0.2, -0.15) is 4.98 Å². The minimum absolute atomic E-state index is 0.00963. The van der Waals surface area contributed by atoms with E-state index in [2.05, 4.69) is 53.8 Å². The summed E-state index contributed by atoms with van der Waals surface area (Å²) in [5, 5.41) is 35.8. The summed E-state index contributed by atoms with van der Waals surface area (Å²) in [6, 6.07) is 0. The number of imidazole rings is 3. The lowest BCUT2D eigenvalue weighted by atomic mass is 10.1. The number of hydrogen-bond acceptors (Lipinski definition) is 29.